The van der Waals surface area contributed by atoms with Crippen LogP contribution in [-0.2, 0) is 19.3 Å². The standard InChI is InChI=1S/C15H27NO2.C11H21NO.C4H8O2.CH4/c1-6-8-12(4)14-10-7-9-13(5)16(18-14)15(17)11(2)3;1-4-6-9(2)11-8-5-7-10(3)12-13-11;1-3(2)4(5)6;/h7,10-14H,6,8-9H2,1-5H3;5,8-12H,4,6-7H2,1-3H3;3H,1-2H3,(H,5,6);1H4/t12-,13-,14+;9-,10-,11+;;/m11../s1. The number of nitrogens with zero attached hydrogens (tertiary/aromatic N) is 1. The van der Waals surface area contributed by atoms with Crippen LogP contribution in [0.25, 0.3) is 0 Å². The first-order valence-electron chi connectivity index (χ1n) is 14.3. The zero-order chi connectivity index (χ0) is 28.5. The van der Waals surface area contributed by atoms with Gasteiger partial charge < -0.3 is 5.11 Å². The quantitative estimate of drug-likeness (QED) is 0.309. The highest BCUT2D eigenvalue weighted by molar-refractivity contribution is 5.77. The molecular weight excluding hydrogens is 480 g/mol. The van der Waals surface area contributed by atoms with Crippen molar-refractivity contribution in [3.8, 4) is 0 Å². The third-order valence-corrected chi connectivity index (χ3v) is 6.47. The van der Waals surface area contributed by atoms with Gasteiger partial charge in [-0.2, -0.15) is 5.48 Å². The van der Waals surface area contributed by atoms with Crippen LogP contribution in [0.15, 0.2) is 24.3 Å². The third-order valence-electron chi connectivity index (χ3n) is 6.47. The van der Waals surface area contributed by atoms with E-state index in [9.17, 15) is 9.59 Å². The second-order valence-corrected chi connectivity index (χ2v) is 11.2. The predicted octanol–water partition coefficient (Wildman–Crippen LogP) is 7.58. The molecule has 0 fully saturated rings. The lowest BCUT2D eigenvalue weighted by molar-refractivity contribution is -0.219. The van der Waals surface area contributed by atoms with Gasteiger partial charge in [-0.3, -0.25) is 19.3 Å². The van der Waals surface area contributed by atoms with Gasteiger partial charge in [-0.05, 0) is 51.4 Å². The zero-order valence-corrected chi connectivity index (χ0v) is 25.2. The highest BCUT2D eigenvalue weighted by atomic mass is 16.7. The molecule has 0 saturated heterocycles. The molecule has 1 amide bonds. The van der Waals surface area contributed by atoms with Crippen molar-refractivity contribution >= 4 is 11.9 Å². The van der Waals surface area contributed by atoms with E-state index < -0.39 is 5.97 Å². The summed E-state index contributed by atoms with van der Waals surface area (Å²) in [5, 5.41) is 9.59. The van der Waals surface area contributed by atoms with E-state index in [1.807, 2.05) is 20.8 Å². The lowest BCUT2D eigenvalue weighted by atomic mass is 9.99. The highest BCUT2D eigenvalue weighted by Gasteiger charge is 2.29. The zero-order valence-electron chi connectivity index (χ0n) is 25.2. The molecule has 38 heavy (non-hydrogen) atoms. The van der Waals surface area contributed by atoms with Crippen molar-refractivity contribution in [1.82, 2.24) is 10.5 Å². The fourth-order valence-corrected chi connectivity index (χ4v) is 3.84. The predicted molar refractivity (Wildman–Crippen MR) is 158 cm³/mol. The molecule has 0 radical (unpaired) electrons. The Kier molecular flexibility index (Phi) is 21.4. The van der Waals surface area contributed by atoms with E-state index in [-0.39, 0.29) is 43.4 Å². The molecule has 7 nitrogen and oxygen atoms in total. The monoisotopic (exact) mass is 540 g/mol. The second kappa shape index (κ2) is 21.2. The van der Waals surface area contributed by atoms with E-state index >= 15 is 0 Å². The molecule has 2 aliphatic heterocycles. The van der Waals surface area contributed by atoms with Crippen molar-refractivity contribution in [3.63, 3.8) is 0 Å². The van der Waals surface area contributed by atoms with Crippen LogP contribution in [0.2, 0.25) is 0 Å². The van der Waals surface area contributed by atoms with Crippen LogP contribution in [0.3, 0.4) is 0 Å². The summed E-state index contributed by atoms with van der Waals surface area (Å²) in [6.07, 6.45) is 15.6. The Morgan fingerprint density at radius 2 is 1.37 bits per heavy atom. The van der Waals surface area contributed by atoms with Crippen molar-refractivity contribution in [1.29, 1.82) is 0 Å². The van der Waals surface area contributed by atoms with E-state index in [2.05, 4.69) is 64.4 Å². The topological polar surface area (TPSA) is 88.1 Å². The lowest BCUT2D eigenvalue weighted by Crippen LogP contribution is -2.43. The number of carboxylic acid groups (broad SMARTS) is 1. The Morgan fingerprint density at radius 1 is 0.895 bits per heavy atom. The number of amides is 1. The Hall–Kier alpha value is -1.70. The van der Waals surface area contributed by atoms with Crippen LogP contribution in [0.1, 0.15) is 115 Å². The Labute approximate surface area is 234 Å². The van der Waals surface area contributed by atoms with Crippen LogP contribution in [0.4, 0.5) is 0 Å². The van der Waals surface area contributed by atoms with E-state index in [1.165, 1.54) is 12.8 Å². The number of nitrogens with one attached hydrogen (secondary N) is 1. The Balaban J connectivity index is 0. The minimum atomic E-state index is -0.741. The van der Waals surface area contributed by atoms with Gasteiger partial charge in [0.1, 0.15) is 6.10 Å². The number of hydroxylamine groups is 3. The number of hydrogen-bond donors (Lipinski definition) is 2. The van der Waals surface area contributed by atoms with Crippen LogP contribution in [0, 0.1) is 23.7 Å². The van der Waals surface area contributed by atoms with Gasteiger partial charge in [-0.25, -0.2) is 5.06 Å². The first kappa shape index (κ1) is 38.4. The summed E-state index contributed by atoms with van der Waals surface area (Å²) in [4.78, 5) is 33.4. The minimum absolute atomic E-state index is 0. The van der Waals surface area contributed by atoms with Crippen LogP contribution < -0.4 is 5.48 Å². The summed E-state index contributed by atoms with van der Waals surface area (Å²) in [6, 6.07) is 0.560. The second-order valence-electron chi connectivity index (χ2n) is 11.2. The van der Waals surface area contributed by atoms with Crippen molar-refractivity contribution in [2.24, 2.45) is 23.7 Å². The summed E-state index contributed by atoms with van der Waals surface area (Å²) in [7, 11) is 0. The lowest BCUT2D eigenvalue weighted by Gasteiger charge is -2.32. The summed E-state index contributed by atoms with van der Waals surface area (Å²) in [6.45, 7) is 20.1. The summed E-state index contributed by atoms with van der Waals surface area (Å²) in [5.74, 6) is 0.144. The fourth-order valence-electron chi connectivity index (χ4n) is 3.84. The Morgan fingerprint density at radius 3 is 1.84 bits per heavy atom. The number of rotatable bonds is 8. The van der Waals surface area contributed by atoms with Crippen LogP contribution >= 0.6 is 0 Å². The maximum absolute atomic E-state index is 12.2. The van der Waals surface area contributed by atoms with Gasteiger partial charge in [0.25, 0.3) is 0 Å². The van der Waals surface area contributed by atoms with Gasteiger partial charge in [-0.1, -0.05) is 100.0 Å². The van der Waals surface area contributed by atoms with E-state index in [4.69, 9.17) is 14.8 Å². The smallest absolute Gasteiger partial charge is 0.305 e. The van der Waals surface area contributed by atoms with Gasteiger partial charge in [0, 0.05) is 12.0 Å². The molecule has 0 spiro atoms. The van der Waals surface area contributed by atoms with E-state index in [0.29, 0.717) is 17.9 Å². The maximum Gasteiger partial charge on any atom is 0.305 e. The van der Waals surface area contributed by atoms with E-state index in [1.54, 1.807) is 18.9 Å². The molecular formula is C31H60N2O5. The minimum Gasteiger partial charge on any atom is -0.481 e. The van der Waals surface area contributed by atoms with Gasteiger partial charge in [-0.15, -0.1) is 0 Å². The number of aliphatic carboxylic acids is 1. The molecule has 0 bridgehead atoms. The molecule has 2 N–H and O–H groups in total. The summed E-state index contributed by atoms with van der Waals surface area (Å²) in [5.41, 5.74) is 3.07. The van der Waals surface area contributed by atoms with Crippen LogP contribution in [-0.4, -0.2) is 46.3 Å². The molecule has 0 unspecified atom stereocenters. The molecule has 7 heteroatoms. The fraction of sp³-hybridized carbons (Fsp3) is 0.806. The summed E-state index contributed by atoms with van der Waals surface area (Å²) < 4.78 is 0. The molecule has 2 aliphatic rings. The van der Waals surface area contributed by atoms with Gasteiger partial charge in [0.2, 0.25) is 5.91 Å². The average Bonchev–Trinajstić information content (AvgIpc) is 3.17. The number of carboxylic acids is 1. The molecule has 0 aromatic heterocycles. The van der Waals surface area contributed by atoms with E-state index in [0.717, 1.165) is 25.7 Å². The summed E-state index contributed by atoms with van der Waals surface area (Å²) >= 11 is 0. The van der Waals surface area contributed by atoms with Gasteiger partial charge >= 0.3 is 5.97 Å². The molecule has 6 atom stereocenters. The molecule has 0 aromatic carbocycles. The van der Waals surface area contributed by atoms with Gasteiger partial charge in [0.05, 0.1) is 18.1 Å². The number of carbonyl (C=O) groups excluding carboxylic acids is 1. The van der Waals surface area contributed by atoms with Gasteiger partial charge in [0.15, 0.2) is 0 Å². The molecule has 0 aliphatic carbocycles. The largest absolute Gasteiger partial charge is 0.481 e. The average molecular weight is 541 g/mol. The third kappa shape index (κ3) is 15.6. The SMILES string of the molecule is C.CC(C)C(=O)O.CCC[C@@H](C)[C@@H]1C=CC[C@@H](C)N(C(=O)C(C)C)O1.CCC[C@@H](C)[C@@H]1C=CC[C@@H](C)NO1. The van der Waals surface area contributed by atoms with Crippen LogP contribution in [0.5, 0.6) is 0 Å². The van der Waals surface area contributed by atoms with Crippen molar-refractivity contribution < 1.29 is 24.4 Å². The normalized spacial score (nSPS) is 24.6. The maximum atomic E-state index is 12.2. The first-order chi connectivity index (χ1) is 17.3. The number of hydrogen-bond acceptors (Lipinski definition) is 5. The highest BCUT2D eigenvalue weighted by Crippen LogP contribution is 2.23. The van der Waals surface area contributed by atoms with Crippen molar-refractivity contribution in [2.75, 3.05) is 0 Å². The molecule has 0 aromatic rings. The first-order valence-corrected chi connectivity index (χ1v) is 14.3. The van der Waals surface area contributed by atoms with Crippen molar-refractivity contribution in [3.05, 3.63) is 24.3 Å². The molecule has 2 heterocycles. The number of carbonyl (C=O) groups is 2. The Bertz CT molecular complexity index is 692. The molecule has 224 valence electrons. The molecule has 0 saturated carbocycles. The molecule has 2 rings (SSSR count). The van der Waals surface area contributed by atoms with Crippen molar-refractivity contribution in [2.45, 2.75) is 139 Å².